The lowest BCUT2D eigenvalue weighted by Crippen LogP contribution is -2.39. The average molecular weight is 499 g/mol. The summed E-state index contributed by atoms with van der Waals surface area (Å²) in [5, 5.41) is 4.55. The monoisotopic (exact) mass is 498 g/mol. The zero-order valence-electron chi connectivity index (χ0n) is 19.2. The second kappa shape index (κ2) is 10.7. The SMILES string of the molecule is Cc1ncc(CC(=O)NC2CCC(CCN3CCc4sc(OCC(C)(F)F)nc4C3)CC2)s1. The van der Waals surface area contributed by atoms with Crippen molar-refractivity contribution in [2.45, 2.75) is 77.3 Å². The lowest BCUT2D eigenvalue weighted by molar-refractivity contribution is -0.121. The van der Waals surface area contributed by atoms with E-state index >= 15 is 0 Å². The van der Waals surface area contributed by atoms with Crippen LogP contribution in [0, 0.1) is 12.8 Å². The van der Waals surface area contributed by atoms with Crippen molar-refractivity contribution in [3.8, 4) is 5.19 Å². The van der Waals surface area contributed by atoms with Gasteiger partial charge in [-0.3, -0.25) is 9.69 Å². The Morgan fingerprint density at radius 2 is 2.09 bits per heavy atom. The first-order valence-corrected chi connectivity index (χ1v) is 13.3. The van der Waals surface area contributed by atoms with Gasteiger partial charge in [0.15, 0.2) is 6.61 Å². The van der Waals surface area contributed by atoms with E-state index in [-0.39, 0.29) is 11.9 Å². The normalized spacial score (nSPS) is 21.6. The number of alkyl halides is 2. The van der Waals surface area contributed by atoms with Crippen LogP contribution in [0.25, 0.3) is 0 Å². The van der Waals surface area contributed by atoms with Crippen LogP contribution in [0.1, 0.15) is 59.5 Å². The van der Waals surface area contributed by atoms with E-state index in [1.54, 1.807) is 17.5 Å². The molecule has 4 rings (SSSR count). The van der Waals surface area contributed by atoms with Crippen LogP contribution in [0.3, 0.4) is 0 Å². The van der Waals surface area contributed by atoms with Gasteiger partial charge in [0.1, 0.15) is 0 Å². The van der Waals surface area contributed by atoms with Crippen LogP contribution in [-0.2, 0) is 24.2 Å². The van der Waals surface area contributed by atoms with Crippen LogP contribution < -0.4 is 10.1 Å². The summed E-state index contributed by atoms with van der Waals surface area (Å²) in [4.78, 5) is 25.5. The molecule has 10 heteroatoms. The Kier molecular flexibility index (Phi) is 7.96. The maximum Gasteiger partial charge on any atom is 0.278 e. The average Bonchev–Trinajstić information content (AvgIpc) is 3.36. The van der Waals surface area contributed by atoms with Crippen LogP contribution in [0.2, 0.25) is 0 Å². The van der Waals surface area contributed by atoms with Gasteiger partial charge in [0.05, 0.1) is 17.1 Å². The molecule has 0 bridgehead atoms. The van der Waals surface area contributed by atoms with Gasteiger partial charge in [-0.15, -0.1) is 11.3 Å². The van der Waals surface area contributed by atoms with E-state index in [1.165, 1.54) is 11.3 Å². The number of ether oxygens (including phenoxy) is 1. The van der Waals surface area contributed by atoms with Crippen molar-refractivity contribution in [1.29, 1.82) is 0 Å². The summed E-state index contributed by atoms with van der Waals surface area (Å²) in [6.07, 6.45) is 8.62. The molecule has 1 aliphatic heterocycles. The molecule has 2 aromatic heterocycles. The Hall–Kier alpha value is -1.65. The number of aromatic nitrogens is 2. The summed E-state index contributed by atoms with van der Waals surface area (Å²) < 4.78 is 31.2. The summed E-state index contributed by atoms with van der Waals surface area (Å²) in [6, 6.07) is 0.282. The number of nitrogens with one attached hydrogen (secondary N) is 1. The van der Waals surface area contributed by atoms with Crippen molar-refractivity contribution in [3.63, 3.8) is 0 Å². The molecule has 1 fully saturated rings. The number of fused-ring (bicyclic) bond motifs is 1. The highest BCUT2D eigenvalue weighted by atomic mass is 32.1. The maximum atomic E-state index is 13.0. The van der Waals surface area contributed by atoms with Crippen LogP contribution in [0.15, 0.2) is 6.20 Å². The van der Waals surface area contributed by atoms with Gasteiger partial charge in [0.25, 0.3) is 11.1 Å². The maximum absolute atomic E-state index is 13.0. The van der Waals surface area contributed by atoms with E-state index in [2.05, 4.69) is 20.2 Å². The fourth-order valence-electron chi connectivity index (χ4n) is 4.55. The standard InChI is InChI=1S/C23H32F2N4O2S2/c1-15-26-12-18(32-15)11-21(30)27-17-5-3-16(4-6-17)7-9-29-10-8-20-19(13-29)28-22(33-20)31-14-23(2,24)25/h12,16-17H,3-11,13-14H2,1-2H3,(H,27,30). The minimum Gasteiger partial charge on any atom is -0.464 e. The molecule has 6 nitrogen and oxygen atoms in total. The molecule has 182 valence electrons. The van der Waals surface area contributed by atoms with E-state index in [4.69, 9.17) is 4.74 Å². The van der Waals surface area contributed by atoms with E-state index < -0.39 is 12.5 Å². The van der Waals surface area contributed by atoms with Gasteiger partial charge in [-0.25, -0.2) is 18.7 Å². The summed E-state index contributed by atoms with van der Waals surface area (Å²) in [5.74, 6) is -2.06. The molecular weight excluding hydrogens is 466 g/mol. The smallest absolute Gasteiger partial charge is 0.278 e. The molecule has 1 aliphatic carbocycles. The molecular formula is C23H32F2N4O2S2. The van der Waals surface area contributed by atoms with Crippen molar-refractivity contribution < 1.29 is 18.3 Å². The van der Waals surface area contributed by atoms with Crippen molar-refractivity contribution in [3.05, 3.63) is 26.7 Å². The molecule has 0 radical (unpaired) electrons. The van der Waals surface area contributed by atoms with Gasteiger partial charge in [0, 0.05) is 42.0 Å². The number of hydrogen-bond donors (Lipinski definition) is 1. The Morgan fingerprint density at radius 1 is 1.30 bits per heavy atom. The van der Waals surface area contributed by atoms with Crippen LogP contribution in [0.5, 0.6) is 5.19 Å². The minimum absolute atomic E-state index is 0.0977. The first kappa shape index (κ1) is 24.5. The predicted molar refractivity (Wildman–Crippen MR) is 126 cm³/mol. The number of halogens is 2. The van der Waals surface area contributed by atoms with Gasteiger partial charge < -0.3 is 10.1 Å². The molecule has 1 N–H and O–H groups in total. The summed E-state index contributed by atoms with van der Waals surface area (Å²) in [6.45, 7) is 4.94. The van der Waals surface area contributed by atoms with Gasteiger partial charge in [-0.05, 0) is 57.9 Å². The number of thiazole rings is 2. The molecule has 0 unspecified atom stereocenters. The fraction of sp³-hybridized carbons (Fsp3) is 0.696. The fourth-order valence-corrected chi connectivity index (χ4v) is 6.25. The highest BCUT2D eigenvalue weighted by Gasteiger charge is 2.27. The largest absolute Gasteiger partial charge is 0.464 e. The van der Waals surface area contributed by atoms with E-state index in [1.807, 2.05) is 6.92 Å². The zero-order valence-corrected chi connectivity index (χ0v) is 20.9. The second-order valence-electron chi connectivity index (χ2n) is 9.33. The van der Waals surface area contributed by atoms with E-state index in [0.29, 0.717) is 17.5 Å². The summed E-state index contributed by atoms with van der Waals surface area (Å²) >= 11 is 2.98. The quantitative estimate of drug-likeness (QED) is 0.547. The molecule has 0 atom stereocenters. The summed E-state index contributed by atoms with van der Waals surface area (Å²) in [7, 11) is 0. The van der Waals surface area contributed by atoms with Gasteiger partial charge in [-0.2, -0.15) is 0 Å². The topological polar surface area (TPSA) is 67.4 Å². The summed E-state index contributed by atoms with van der Waals surface area (Å²) in [5.41, 5.74) is 0.975. The van der Waals surface area contributed by atoms with E-state index in [0.717, 1.165) is 85.5 Å². The Bertz CT molecular complexity index is 935. The molecule has 2 aliphatic rings. The number of carbonyl (C=O) groups excluding carboxylic acids is 1. The Labute approximate surface area is 201 Å². The second-order valence-corrected chi connectivity index (χ2v) is 11.7. The molecule has 0 spiro atoms. The van der Waals surface area contributed by atoms with E-state index in [9.17, 15) is 13.6 Å². The molecule has 1 saturated carbocycles. The zero-order chi connectivity index (χ0) is 23.4. The van der Waals surface area contributed by atoms with Gasteiger partial charge in [0.2, 0.25) is 5.91 Å². The third-order valence-electron chi connectivity index (χ3n) is 6.31. The number of amides is 1. The van der Waals surface area contributed by atoms with Crippen LogP contribution in [-0.4, -0.2) is 52.4 Å². The molecule has 1 amide bonds. The number of hydrogen-bond acceptors (Lipinski definition) is 7. The highest BCUT2D eigenvalue weighted by molar-refractivity contribution is 7.13. The predicted octanol–water partition coefficient (Wildman–Crippen LogP) is 4.61. The molecule has 0 saturated heterocycles. The molecule has 33 heavy (non-hydrogen) atoms. The van der Waals surface area contributed by atoms with Crippen LogP contribution in [0.4, 0.5) is 8.78 Å². The Balaban J connectivity index is 1.15. The lowest BCUT2D eigenvalue weighted by atomic mass is 9.84. The number of aryl methyl sites for hydroxylation is 1. The highest BCUT2D eigenvalue weighted by Crippen LogP contribution is 2.32. The number of rotatable bonds is 9. The van der Waals surface area contributed by atoms with Crippen molar-refractivity contribution in [2.24, 2.45) is 5.92 Å². The number of nitrogens with zero attached hydrogens (tertiary/aromatic N) is 3. The van der Waals surface area contributed by atoms with Crippen molar-refractivity contribution in [1.82, 2.24) is 20.2 Å². The number of carbonyl (C=O) groups is 1. The first-order chi connectivity index (χ1) is 15.7. The molecule has 2 aromatic rings. The van der Waals surface area contributed by atoms with Crippen LogP contribution >= 0.6 is 22.7 Å². The van der Waals surface area contributed by atoms with Gasteiger partial charge in [-0.1, -0.05) is 11.3 Å². The third-order valence-corrected chi connectivity index (χ3v) is 8.29. The Morgan fingerprint density at radius 3 is 2.79 bits per heavy atom. The molecule has 3 heterocycles. The molecule has 0 aromatic carbocycles. The van der Waals surface area contributed by atoms with Gasteiger partial charge >= 0.3 is 0 Å². The lowest BCUT2D eigenvalue weighted by Gasteiger charge is -2.32. The third kappa shape index (κ3) is 7.42. The minimum atomic E-state index is -2.85. The first-order valence-electron chi connectivity index (χ1n) is 11.7. The van der Waals surface area contributed by atoms with Crippen molar-refractivity contribution >= 4 is 28.6 Å². The van der Waals surface area contributed by atoms with Crippen molar-refractivity contribution in [2.75, 3.05) is 19.7 Å².